The molecule has 2 aromatic rings. The molecule has 136 valence electrons. The minimum absolute atomic E-state index is 0.109. The minimum Gasteiger partial charge on any atom is -0.493 e. The van der Waals surface area contributed by atoms with Crippen LogP contribution < -0.4 is 14.2 Å². The maximum atomic E-state index is 10.6. The quantitative estimate of drug-likeness (QED) is 0.697. The maximum Gasteiger partial charge on any atom is 0.160 e. The molecule has 0 aromatic heterocycles. The summed E-state index contributed by atoms with van der Waals surface area (Å²) in [6.07, 6.45) is -5.71. The van der Waals surface area contributed by atoms with Gasteiger partial charge in [0, 0.05) is 6.85 Å². The Bertz CT molecular complexity index is 944. The lowest BCUT2D eigenvalue weighted by Gasteiger charge is -2.13. The Kier molecular flexibility index (Phi) is 4.26. The molecule has 0 bridgehead atoms. The van der Waals surface area contributed by atoms with Crippen LogP contribution >= 0.6 is 0 Å². The number of rotatable bonds is 10. The molecule has 0 amide bonds. The summed E-state index contributed by atoms with van der Waals surface area (Å²) < 4.78 is 78.3. The van der Waals surface area contributed by atoms with Crippen LogP contribution in [-0.4, -0.2) is 32.0 Å². The van der Waals surface area contributed by atoms with Crippen molar-refractivity contribution < 1.29 is 30.3 Å². The Labute approximate surface area is 161 Å². The van der Waals surface area contributed by atoms with E-state index in [1.165, 1.54) is 32.4 Å². The molecule has 2 rings (SSSR count). The van der Waals surface area contributed by atoms with Crippen LogP contribution in [0.4, 0.5) is 0 Å². The Morgan fingerprint density at radius 1 is 1.12 bits per heavy atom. The van der Waals surface area contributed by atoms with Crippen molar-refractivity contribution in [1.29, 1.82) is 0 Å². The smallest absolute Gasteiger partial charge is 0.160 e. The Balaban J connectivity index is 2.11. The molecule has 1 atom stereocenters. The molecule has 25 heavy (non-hydrogen) atoms. The molecule has 0 aliphatic heterocycles. The molecule has 0 saturated heterocycles. The van der Waals surface area contributed by atoms with Gasteiger partial charge >= 0.3 is 0 Å². The Hall–Kier alpha value is -2.20. The summed E-state index contributed by atoms with van der Waals surface area (Å²) in [5, 5.41) is 10.6. The molecular formula is C21H28O4. The van der Waals surface area contributed by atoms with Crippen LogP contribution in [0.1, 0.15) is 41.3 Å². The zero-order chi connectivity index (χ0) is 25.1. The molecule has 1 N–H and O–H groups in total. The van der Waals surface area contributed by atoms with Gasteiger partial charge in [0.15, 0.2) is 11.5 Å². The van der Waals surface area contributed by atoms with Gasteiger partial charge in [-0.25, -0.2) is 0 Å². The van der Waals surface area contributed by atoms with E-state index in [2.05, 4.69) is 0 Å². The maximum absolute atomic E-state index is 10.6. The molecular weight excluding hydrogens is 316 g/mol. The molecule has 4 heteroatoms. The van der Waals surface area contributed by atoms with Crippen molar-refractivity contribution in [3.63, 3.8) is 0 Å². The predicted octanol–water partition coefficient (Wildman–Crippen LogP) is 4.16. The van der Waals surface area contributed by atoms with Crippen LogP contribution in [0.2, 0.25) is 0 Å². The van der Waals surface area contributed by atoms with Gasteiger partial charge in [0.05, 0.1) is 24.4 Å². The molecule has 0 spiro atoms. The van der Waals surface area contributed by atoms with E-state index in [4.69, 9.17) is 25.2 Å². The van der Waals surface area contributed by atoms with E-state index in [1.54, 1.807) is 18.2 Å². The largest absolute Gasteiger partial charge is 0.493 e. The van der Waals surface area contributed by atoms with E-state index < -0.39 is 25.9 Å². The fraction of sp³-hybridized carbons (Fsp3) is 0.429. The summed E-state index contributed by atoms with van der Waals surface area (Å²) in [4.78, 5) is 0. The fourth-order valence-electron chi connectivity index (χ4n) is 2.24. The summed E-state index contributed by atoms with van der Waals surface area (Å²) in [6, 6.07) is 10.2. The molecule has 0 heterocycles. The zero-order valence-corrected chi connectivity index (χ0v) is 14.3. The lowest BCUT2D eigenvalue weighted by molar-refractivity contribution is 0.0976. The SMILES string of the molecule is [2H]C([2H])([2H])c1cccc(OC([2H])([2H])C([2H])(O)C([2H])([2H])CCCc2ccc(OC)c(OC)c2)c1. The third-order valence-corrected chi connectivity index (χ3v) is 3.48. The normalized spacial score (nSPS) is 19.5. The van der Waals surface area contributed by atoms with Crippen LogP contribution in [0.25, 0.3) is 0 Å². The first-order valence-electron chi connectivity index (χ1n) is 11.9. The number of hydrogen-bond acceptors (Lipinski definition) is 4. The summed E-state index contributed by atoms with van der Waals surface area (Å²) in [6.45, 7) is -5.63. The molecule has 1 unspecified atom stereocenters. The number of hydrogen-bond donors (Lipinski definition) is 1. The lowest BCUT2D eigenvalue weighted by atomic mass is 10.0. The van der Waals surface area contributed by atoms with Gasteiger partial charge in [-0.2, -0.15) is 0 Å². The van der Waals surface area contributed by atoms with Gasteiger partial charge in [-0.1, -0.05) is 24.6 Å². The second-order valence-corrected chi connectivity index (χ2v) is 5.30. The molecule has 0 saturated carbocycles. The van der Waals surface area contributed by atoms with Gasteiger partial charge in [-0.3, -0.25) is 0 Å². The average Bonchev–Trinajstić information content (AvgIpc) is 2.72. The number of aliphatic hydroxyl groups is 1. The standard InChI is InChI=1S/C21H28O4/c1-16-7-6-10-19(13-16)25-15-18(22)9-5-4-8-17-11-12-20(23-2)21(14-17)24-3/h6-7,10-14,18,22H,4-5,8-9,15H2,1-3H3/i1D3,9D2,15D2,18D. The predicted molar refractivity (Wildman–Crippen MR) is 99.8 cm³/mol. The summed E-state index contributed by atoms with van der Waals surface area (Å²) in [5.41, 5.74) is 0.708. The molecule has 4 nitrogen and oxygen atoms in total. The van der Waals surface area contributed by atoms with Gasteiger partial charge < -0.3 is 19.3 Å². The highest BCUT2D eigenvalue weighted by atomic mass is 16.5. The van der Waals surface area contributed by atoms with E-state index in [0.29, 0.717) is 17.9 Å². The third-order valence-electron chi connectivity index (χ3n) is 3.48. The van der Waals surface area contributed by atoms with Crippen molar-refractivity contribution >= 4 is 0 Å². The second kappa shape index (κ2) is 9.94. The molecule has 0 fully saturated rings. The minimum atomic E-state index is -3.28. The van der Waals surface area contributed by atoms with Gasteiger partial charge in [0.2, 0.25) is 0 Å². The van der Waals surface area contributed by atoms with Gasteiger partial charge in [0.25, 0.3) is 0 Å². The van der Waals surface area contributed by atoms with Gasteiger partial charge in [-0.05, 0) is 61.5 Å². The van der Waals surface area contributed by atoms with E-state index >= 15 is 0 Å². The van der Waals surface area contributed by atoms with Crippen LogP contribution in [0.15, 0.2) is 42.5 Å². The number of aryl methyl sites for hydroxylation is 2. The average molecular weight is 352 g/mol. The molecule has 0 aliphatic rings. The monoisotopic (exact) mass is 352 g/mol. The first-order chi connectivity index (χ1) is 15.1. The molecule has 2 aromatic carbocycles. The first-order valence-corrected chi connectivity index (χ1v) is 7.87. The third kappa shape index (κ3) is 6.31. The number of ether oxygens (including phenoxy) is 3. The fourth-order valence-corrected chi connectivity index (χ4v) is 2.24. The van der Waals surface area contributed by atoms with Crippen LogP contribution in [-0.2, 0) is 6.42 Å². The Morgan fingerprint density at radius 2 is 1.96 bits per heavy atom. The van der Waals surface area contributed by atoms with Crippen LogP contribution in [0.3, 0.4) is 0 Å². The lowest BCUT2D eigenvalue weighted by Crippen LogP contribution is -2.17. The van der Waals surface area contributed by atoms with Crippen molar-refractivity contribution in [3.05, 3.63) is 53.6 Å². The summed E-state index contributed by atoms with van der Waals surface area (Å²) >= 11 is 0. The van der Waals surface area contributed by atoms with Gasteiger partial charge in [0.1, 0.15) is 12.3 Å². The Morgan fingerprint density at radius 3 is 2.72 bits per heavy atom. The second-order valence-electron chi connectivity index (χ2n) is 5.30. The van der Waals surface area contributed by atoms with E-state index in [9.17, 15) is 5.11 Å². The highest BCUT2D eigenvalue weighted by Crippen LogP contribution is 2.28. The van der Waals surface area contributed by atoms with E-state index in [0.717, 1.165) is 11.6 Å². The van der Waals surface area contributed by atoms with Crippen molar-refractivity contribution in [1.82, 2.24) is 0 Å². The van der Waals surface area contributed by atoms with E-state index in [-0.39, 0.29) is 24.2 Å². The van der Waals surface area contributed by atoms with Crippen LogP contribution in [0.5, 0.6) is 17.2 Å². The molecule has 0 radical (unpaired) electrons. The first kappa shape index (κ1) is 10.7. The van der Waals surface area contributed by atoms with Crippen molar-refractivity contribution in [2.45, 2.75) is 38.6 Å². The summed E-state index contributed by atoms with van der Waals surface area (Å²) in [5.74, 6) is 0.824. The number of methoxy groups -OCH3 is 2. The highest BCUT2D eigenvalue weighted by Gasteiger charge is 2.07. The van der Waals surface area contributed by atoms with Crippen molar-refractivity contribution in [3.8, 4) is 17.2 Å². The molecule has 0 aliphatic carbocycles. The van der Waals surface area contributed by atoms with Crippen LogP contribution in [0, 0.1) is 6.85 Å². The van der Waals surface area contributed by atoms with Crippen molar-refractivity contribution in [2.75, 3.05) is 20.8 Å². The van der Waals surface area contributed by atoms with E-state index in [1.807, 2.05) is 0 Å². The topological polar surface area (TPSA) is 47.9 Å². The van der Waals surface area contributed by atoms with Crippen molar-refractivity contribution in [2.24, 2.45) is 0 Å². The number of benzene rings is 2. The summed E-state index contributed by atoms with van der Waals surface area (Å²) in [7, 11) is 3.01. The highest BCUT2D eigenvalue weighted by molar-refractivity contribution is 5.42. The zero-order valence-electron chi connectivity index (χ0n) is 22.3. The van der Waals surface area contributed by atoms with Gasteiger partial charge in [-0.15, -0.1) is 0 Å².